The van der Waals surface area contributed by atoms with Crippen LogP contribution in [0.4, 0.5) is 5.69 Å². The Labute approximate surface area is 89.8 Å². The molecule has 1 unspecified atom stereocenters. The van der Waals surface area contributed by atoms with E-state index in [0.717, 1.165) is 24.0 Å². The van der Waals surface area contributed by atoms with Gasteiger partial charge in [0.2, 0.25) is 0 Å². The molecule has 1 aliphatic heterocycles. The first kappa shape index (κ1) is 10.2. The van der Waals surface area contributed by atoms with Gasteiger partial charge < -0.3 is 14.6 Å². The zero-order chi connectivity index (χ0) is 10.8. The second-order valence-electron chi connectivity index (χ2n) is 4.01. The highest BCUT2D eigenvalue weighted by molar-refractivity contribution is 6.53. The third-order valence-corrected chi connectivity index (χ3v) is 2.86. The van der Waals surface area contributed by atoms with Crippen LogP contribution in [0.3, 0.4) is 0 Å². The van der Waals surface area contributed by atoms with Crippen molar-refractivity contribution in [2.75, 3.05) is 11.4 Å². The van der Waals surface area contributed by atoms with Crippen molar-refractivity contribution in [2.24, 2.45) is 5.92 Å². The molecule has 0 saturated heterocycles. The molecule has 1 atom stereocenters. The van der Waals surface area contributed by atoms with Gasteiger partial charge in [0.05, 0.1) is 0 Å². The van der Waals surface area contributed by atoms with Crippen LogP contribution in [-0.2, 0) is 11.2 Å². The average Bonchev–Trinajstić information content (AvgIpc) is 2.27. The molecule has 1 heterocycles. The fourth-order valence-corrected chi connectivity index (χ4v) is 2.11. The molecule has 15 heavy (non-hydrogen) atoms. The van der Waals surface area contributed by atoms with Crippen molar-refractivity contribution in [3.05, 3.63) is 29.8 Å². The molecule has 1 aromatic rings. The number of hydrogen-bond acceptors (Lipinski definition) is 3. The summed E-state index contributed by atoms with van der Waals surface area (Å²) in [7, 11) is -0.547. The lowest BCUT2D eigenvalue weighted by molar-refractivity contribution is -0.110. The topological polar surface area (TPSA) is 40.5 Å². The molecule has 0 amide bonds. The zero-order valence-electron chi connectivity index (χ0n) is 8.76. The lowest BCUT2D eigenvalue weighted by Crippen LogP contribution is -2.44. The highest BCUT2D eigenvalue weighted by Crippen LogP contribution is 2.29. The van der Waals surface area contributed by atoms with Crippen molar-refractivity contribution < 1.29 is 9.82 Å². The summed E-state index contributed by atoms with van der Waals surface area (Å²) in [6.07, 6.45) is 1.76. The summed E-state index contributed by atoms with van der Waals surface area (Å²) in [5.74, 6) is -0.00509. The van der Waals surface area contributed by atoms with E-state index in [1.54, 1.807) is 6.82 Å². The highest BCUT2D eigenvalue weighted by Gasteiger charge is 2.27. The SMILES string of the molecule is CB(O)N1CC(C=O)Cc2ccccc21. The summed E-state index contributed by atoms with van der Waals surface area (Å²) in [4.78, 5) is 12.7. The number of nitrogens with zero attached hydrogens (tertiary/aromatic N) is 1. The number of para-hydroxylation sites is 1. The van der Waals surface area contributed by atoms with E-state index in [2.05, 4.69) is 0 Å². The monoisotopic (exact) mass is 203 g/mol. The minimum Gasteiger partial charge on any atom is -0.432 e. The first-order valence-corrected chi connectivity index (χ1v) is 5.20. The van der Waals surface area contributed by atoms with Crippen molar-refractivity contribution in [1.82, 2.24) is 0 Å². The van der Waals surface area contributed by atoms with E-state index in [0.29, 0.717) is 6.54 Å². The number of carbonyl (C=O) groups is 1. The number of aldehydes is 1. The molecule has 0 aromatic heterocycles. The Morgan fingerprint density at radius 2 is 2.27 bits per heavy atom. The Bertz CT molecular complexity index is 367. The minimum atomic E-state index is -0.547. The molecule has 1 aromatic carbocycles. The van der Waals surface area contributed by atoms with Crippen LogP contribution in [0.2, 0.25) is 6.82 Å². The molecule has 0 spiro atoms. The molecule has 4 heteroatoms. The zero-order valence-corrected chi connectivity index (χ0v) is 8.76. The van der Waals surface area contributed by atoms with Crippen LogP contribution in [-0.4, -0.2) is 24.9 Å². The maximum Gasteiger partial charge on any atom is 0.409 e. The van der Waals surface area contributed by atoms with E-state index in [4.69, 9.17) is 0 Å². The maximum absolute atomic E-state index is 10.8. The van der Waals surface area contributed by atoms with Gasteiger partial charge in [-0.2, -0.15) is 0 Å². The van der Waals surface area contributed by atoms with Gasteiger partial charge in [-0.25, -0.2) is 0 Å². The van der Waals surface area contributed by atoms with Crippen LogP contribution < -0.4 is 4.81 Å². The normalized spacial score (nSPS) is 19.6. The van der Waals surface area contributed by atoms with Gasteiger partial charge in [0, 0.05) is 18.2 Å². The molecule has 0 saturated carbocycles. The van der Waals surface area contributed by atoms with Crippen molar-refractivity contribution >= 4 is 19.0 Å². The highest BCUT2D eigenvalue weighted by atomic mass is 16.2. The van der Waals surface area contributed by atoms with E-state index in [1.807, 2.05) is 29.1 Å². The van der Waals surface area contributed by atoms with E-state index in [9.17, 15) is 9.82 Å². The second-order valence-corrected chi connectivity index (χ2v) is 4.01. The molecule has 2 rings (SSSR count). The van der Waals surface area contributed by atoms with Crippen LogP contribution in [0.25, 0.3) is 0 Å². The van der Waals surface area contributed by atoms with E-state index >= 15 is 0 Å². The van der Waals surface area contributed by atoms with Crippen molar-refractivity contribution in [3.63, 3.8) is 0 Å². The summed E-state index contributed by atoms with van der Waals surface area (Å²) < 4.78 is 0. The number of rotatable bonds is 2. The predicted octanol–water partition coefficient (Wildman–Crippen LogP) is 0.974. The van der Waals surface area contributed by atoms with E-state index in [1.165, 1.54) is 0 Å². The molecular weight excluding hydrogens is 189 g/mol. The minimum absolute atomic E-state index is 0.00509. The van der Waals surface area contributed by atoms with Gasteiger partial charge in [-0.05, 0) is 24.9 Å². The fraction of sp³-hybridized carbons (Fsp3) is 0.364. The van der Waals surface area contributed by atoms with E-state index in [-0.39, 0.29) is 5.92 Å². The van der Waals surface area contributed by atoms with Crippen molar-refractivity contribution in [1.29, 1.82) is 0 Å². The summed E-state index contributed by atoms with van der Waals surface area (Å²) in [5.41, 5.74) is 2.19. The summed E-state index contributed by atoms with van der Waals surface area (Å²) >= 11 is 0. The van der Waals surface area contributed by atoms with Gasteiger partial charge in [0.25, 0.3) is 0 Å². The first-order valence-electron chi connectivity index (χ1n) is 5.20. The van der Waals surface area contributed by atoms with Gasteiger partial charge in [0.15, 0.2) is 0 Å². The van der Waals surface area contributed by atoms with Gasteiger partial charge >= 0.3 is 7.05 Å². The molecule has 3 nitrogen and oxygen atoms in total. The Morgan fingerprint density at radius 3 is 2.93 bits per heavy atom. The Kier molecular flexibility index (Phi) is 2.78. The largest absolute Gasteiger partial charge is 0.432 e. The van der Waals surface area contributed by atoms with Gasteiger partial charge in [-0.15, -0.1) is 0 Å². The van der Waals surface area contributed by atoms with E-state index < -0.39 is 7.05 Å². The number of benzene rings is 1. The summed E-state index contributed by atoms with van der Waals surface area (Å²) in [6, 6.07) is 7.92. The average molecular weight is 203 g/mol. The number of hydrogen-bond donors (Lipinski definition) is 1. The van der Waals surface area contributed by atoms with Crippen molar-refractivity contribution in [3.8, 4) is 0 Å². The number of anilines is 1. The summed E-state index contributed by atoms with van der Waals surface area (Å²) in [6.45, 7) is 2.34. The Balaban J connectivity index is 2.38. The standard InChI is InChI=1S/C11H14BNO2/c1-12(15)13-7-9(8-14)6-10-4-2-3-5-11(10)13/h2-5,8-9,15H,6-7H2,1H3. The molecule has 0 fully saturated rings. The number of fused-ring (bicyclic) bond motifs is 1. The molecule has 0 radical (unpaired) electrons. The van der Waals surface area contributed by atoms with Crippen LogP contribution in [0.1, 0.15) is 5.56 Å². The van der Waals surface area contributed by atoms with Gasteiger partial charge in [-0.3, -0.25) is 0 Å². The molecular formula is C11H14BNO2. The van der Waals surface area contributed by atoms with Gasteiger partial charge in [0.1, 0.15) is 6.29 Å². The molecule has 0 bridgehead atoms. The lowest BCUT2D eigenvalue weighted by atomic mass is 9.79. The quantitative estimate of drug-likeness (QED) is 0.575. The molecule has 1 N–H and O–H groups in total. The molecule has 1 aliphatic rings. The van der Waals surface area contributed by atoms with Crippen LogP contribution in [0.15, 0.2) is 24.3 Å². The maximum atomic E-state index is 10.8. The lowest BCUT2D eigenvalue weighted by Gasteiger charge is -2.35. The Hall–Kier alpha value is -1.29. The van der Waals surface area contributed by atoms with Crippen LogP contribution in [0.5, 0.6) is 0 Å². The molecule has 0 aliphatic carbocycles. The Morgan fingerprint density at radius 1 is 1.53 bits per heavy atom. The first-order chi connectivity index (χ1) is 7.22. The van der Waals surface area contributed by atoms with Crippen molar-refractivity contribution in [2.45, 2.75) is 13.2 Å². The second kappa shape index (κ2) is 4.07. The van der Waals surface area contributed by atoms with Gasteiger partial charge in [-0.1, -0.05) is 18.2 Å². The third-order valence-electron chi connectivity index (χ3n) is 2.86. The fourth-order valence-electron chi connectivity index (χ4n) is 2.11. The predicted molar refractivity (Wildman–Crippen MR) is 60.9 cm³/mol. The number of carbonyl (C=O) groups excluding carboxylic acids is 1. The molecule has 78 valence electrons. The van der Waals surface area contributed by atoms with Crippen LogP contribution >= 0.6 is 0 Å². The van der Waals surface area contributed by atoms with Crippen LogP contribution in [0, 0.1) is 5.92 Å². The smallest absolute Gasteiger partial charge is 0.409 e. The summed E-state index contributed by atoms with van der Waals surface area (Å²) in [5, 5.41) is 9.65. The third kappa shape index (κ3) is 1.90.